The Kier molecular flexibility index (Phi) is 34.3. The van der Waals surface area contributed by atoms with E-state index in [0.29, 0.717) is 0 Å². The van der Waals surface area contributed by atoms with E-state index in [9.17, 15) is 0 Å². The Labute approximate surface area is 637 Å². The lowest BCUT2D eigenvalue weighted by atomic mass is 10.0. The van der Waals surface area contributed by atoms with Crippen LogP contribution in [0.3, 0.4) is 0 Å². The minimum Gasteiger partial charge on any atom is -0.354 e. The van der Waals surface area contributed by atoms with Crippen molar-refractivity contribution in [2.75, 3.05) is 73.9 Å². The number of benzene rings is 4. The predicted molar refractivity (Wildman–Crippen MR) is 480 cm³/mol. The van der Waals surface area contributed by atoms with Gasteiger partial charge in [-0.2, -0.15) is 0 Å². The summed E-state index contributed by atoms with van der Waals surface area (Å²) in [6.45, 7) is 28.7. The van der Waals surface area contributed by atoms with Gasteiger partial charge in [-0.15, -0.1) is 0 Å². The molecule has 4 aromatic carbocycles. The number of H-pyrrole nitrogens is 2. The van der Waals surface area contributed by atoms with Crippen molar-refractivity contribution in [1.29, 1.82) is 0 Å². The monoisotopic (exact) mass is 1480 g/mol. The average molecular weight is 1480 g/mol. The third-order valence-electron chi connectivity index (χ3n) is 23.6. The number of nitrogens with one attached hydrogen (secondary N) is 2. The van der Waals surface area contributed by atoms with Crippen molar-refractivity contribution in [3.63, 3.8) is 0 Å². The predicted octanol–water partition coefficient (Wildman–Crippen LogP) is 31.0. The molecule has 8 bridgehead atoms. The van der Waals surface area contributed by atoms with Gasteiger partial charge in [0.05, 0.1) is 121 Å². The van der Waals surface area contributed by atoms with Gasteiger partial charge in [-0.3, -0.25) is 0 Å². The lowest BCUT2D eigenvalue weighted by Crippen LogP contribution is -2.11. The highest BCUT2D eigenvalue weighted by Gasteiger charge is 2.40. The van der Waals surface area contributed by atoms with Crippen LogP contribution >= 0.6 is 29.0 Å². The van der Waals surface area contributed by atoms with E-state index in [1.807, 2.05) is 0 Å². The van der Waals surface area contributed by atoms with Gasteiger partial charge >= 0.3 is 0 Å². The van der Waals surface area contributed by atoms with Crippen molar-refractivity contribution in [3.05, 3.63) is 166 Å². The van der Waals surface area contributed by atoms with Crippen LogP contribution < -0.4 is 0 Å². The molecule has 0 unspecified atom stereocenters. The van der Waals surface area contributed by atoms with E-state index >= 15 is 0 Å². The summed E-state index contributed by atoms with van der Waals surface area (Å²) in [5.41, 5.74) is 23.6. The zero-order chi connectivity index (χ0) is 73.6. The van der Waals surface area contributed by atoms with Crippen LogP contribution in [0, 0.1) is 0 Å². The molecule has 0 radical (unpaired) electrons. The molecule has 562 valence electrons. The zero-order valence-electron chi connectivity index (χ0n) is 67.8. The average Bonchev–Trinajstić information content (AvgIpc) is 1.61. The number of fused-ring (bicyclic) bond motifs is 8. The van der Waals surface area contributed by atoms with E-state index in [4.69, 9.17) is 9.97 Å². The molecule has 2 aliphatic rings. The fourth-order valence-electron chi connectivity index (χ4n) is 17.3. The minimum atomic E-state index is -1.18. The third-order valence-corrected chi connectivity index (χ3v) is 43.0. The van der Waals surface area contributed by atoms with Crippen LogP contribution in [-0.4, -0.2) is 93.9 Å². The third kappa shape index (κ3) is 22.7. The van der Waals surface area contributed by atoms with Gasteiger partial charge in [0.2, 0.25) is 0 Å². The smallest absolute Gasteiger partial charge is 0.0842 e. The molecule has 7 aromatic rings. The van der Waals surface area contributed by atoms with Crippen molar-refractivity contribution >= 4 is 75.4 Å². The summed E-state index contributed by atoms with van der Waals surface area (Å²) >= 11 is 0. The van der Waals surface area contributed by atoms with Gasteiger partial charge in [0.15, 0.2) is 0 Å². The van der Waals surface area contributed by atoms with E-state index in [0.717, 1.165) is 61.5 Å². The van der Waals surface area contributed by atoms with Crippen molar-refractivity contribution in [2.45, 2.75) is 262 Å². The van der Waals surface area contributed by atoms with E-state index < -0.39 is 29.0 Å². The summed E-state index contributed by atoms with van der Waals surface area (Å²) in [6.07, 6.45) is 62.7. The largest absolute Gasteiger partial charge is 0.354 e. The molecular weight excluding hydrogens is 1330 g/mol. The molecule has 8 heteroatoms. The molecule has 2 N–H and O–H groups in total. The molecular formula is C96H142N4P4+4. The number of aromatic nitrogens is 4. The van der Waals surface area contributed by atoms with Crippen LogP contribution in [0.1, 0.15) is 282 Å². The van der Waals surface area contributed by atoms with Gasteiger partial charge in [-0.1, -0.05) is 257 Å². The Morgan fingerprint density at radius 2 is 0.385 bits per heavy atom. The second-order valence-electron chi connectivity index (χ2n) is 32.2. The first kappa shape index (κ1) is 83.2. The molecule has 0 aliphatic carbocycles. The second-order valence-corrected chi connectivity index (χ2v) is 49.6. The van der Waals surface area contributed by atoms with E-state index in [1.54, 1.807) is 0 Å². The summed E-state index contributed by atoms with van der Waals surface area (Å²) in [4.78, 5) is 20.2. The van der Waals surface area contributed by atoms with Gasteiger partial charge in [-0.25, -0.2) is 9.97 Å². The lowest BCUT2D eigenvalue weighted by Gasteiger charge is -2.28. The number of aromatic amines is 2. The first-order valence-electron chi connectivity index (χ1n) is 42.8. The first-order chi connectivity index (χ1) is 50.8. The highest BCUT2D eigenvalue weighted by atomic mass is 31.2. The Balaban J connectivity index is 1.31. The number of hydrogen-bond donors (Lipinski definition) is 2. The zero-order valence-corrected chi connectivity index (χ0v) is 71.4. The quantitative estimate of drug-likeness (QED) is 0.0374. The van der Waals surface area contributed by atoms with Crippen LogP contribution in [0.4, 0.5) is 0 Å². The molecule has 0 saturated carbocycles. The molecule has 2 aliphatic heterocycles. The molecule has 104 heavy (non-hydrogen) atoms. The number of nitrogens with zero attached hydrogens (tertiary/aromatic N) is 2. The standard InChI is InChI=1S/C96H142N4P4/c1-13-25-61-101(62-26-14-2,63-27-15-3)73-77-37-45-81(46-38-77)93-85-53-55-87(97-85)94(82-47-39-78(40-48-82)74-102(64-28-16-4,65-29-17-5)66-30-18-6)89-57-59-91(99-89)96(84-51-43-80(44-52-84)76-104(70-34-22-10,71-35-23-11)72-36-24-12)92-60-58-90(100-92)95(88-56-54-86(93)98-88)83-49-41-79(42-50-83)75-103(67-31-19-7,68-32-20-8)69-33-21-9/h37-60,97-98H,13-36,61-76H2,1-12H3/q+4. The van der Waals surface area contributed by atoms with Gasteiger partial charge in [0.1, 0.15) is 0 Å². The summed E-state index contributed by atoms with van der Waals surface area (Å²) < 4.78 is 0. The molecule has 0 fully saturated rings. The van der Waals surface area contributed by atoms with Gasteiger partial charge in [0.25, 0.3) is 0 Å². The maximum Gasteiger partial charge on any atom is 0.0842 e. The molecule has 3 aromatic heterocycles. The van der Waals surface area contributed by atoms with Crippen molar-refractivity contribution in [3.8, 4) is 44.5 Å². The van der Waals surface area contributed by atoms with E-state index in [-0.39, 0.29) is 0 Å². The Hall–Kier alpha value is -4.80. The van der Waals surface area contributed by atoms with E-state index in [2.05, 4.69) is 239 Å². The van der Waals surface area contributed by atoms with Crippen LogP contribution in [0.25, 0.3) is 90.9 Å². The maximum absolute atomic E-state index is 5.91. The Morgan fingerprint density at radius 1 is 0.212 bits per heavy atom. The molecule has 0 spiro atoms. The number of unbranched alkanes of at least 4 members (excludes halogenated alkanes) is 12. The SMILES string of the molecule is CCCC[P+](CCCC)(CCCC)Cc1ccc(-c2c3nc(c(-c4ccc(C[P+](CCCC)(CCCC)CCCC)cc4)c4ccc([nH]4)c(-c4ccc(C[P+](CCCC)(CCCC)CCCC)cc4)c4ccc([nH]4)c(-c4ccc(C[P+](CCCC)(CCCC)CCCC)cc4)c4nc2C=C4)C=C3)cc1. The molecule has 5 heterocycles. The fraction of sp³-hybridized carbons (Fsp3) is 0.542. The van der Waals surface area contributed by atoms with Crippen LogP contribution in [-0.2, 0) is 24.6 Å². The molecule has 4 nitrogen and oxygen atoms in total. The summed E-state index contributed by atoms with van der Waals surface area (Å²) in [7, 11) is -4.72. The summed E-state index contributed by atoms with van der Waals surface area (Å²) in [5.74, 6) is 0. The molecule has 9 rings (SSSR count). The topological polar surface area (TPSA) is 57.4 Å². The fourth-order valence-corrected chi connectivity index (χ4v) is 37.7. The normalized spacial score (nSPS) is 12.7. The van der Waals surface area contributed by atoms with Crippen LogP contribution in [0.2, 0.25) is 0 Å². The highest BCUT2D eigenvalue weighted by molar-refractivity contribution is 7.76. The Bertz CT molecular complexity index is 3660. The van der Waals surface area contributed by atoms with Gasteiger partial charge in [-0.05, 0) is 170 Å². The van der Waals surface area contributed by atoms with Crippen LogP contribution in [0.15, 0.2) is 121 Å². The van der Waals surface area contributed by atoms with Crippen molar-refractivity contribution in [2.24, 2.45) is 0 Å². The molecule has 0 atom stereocenters. The van der Waals surface area contributed by atoms with Gasteiger partial charge in [0, 0.05) is 73.4 Å². The lowest BCUT2D eigenvalue weighted by molar-refractivity contribution is 0.832. The van der Waals surface area contributed by atoms with Crippen molar-refractivity contribution < 1.29 is 0 Å². The highest BCUT2D eigenvalue weighted by Crippen LogP contribution is 2.66. The molecule has 0 amide bonds. The molecule has 0 saturated heterocycles. The van der Waals surface area contributed by atoms with E-state index in [1.165, 1.54) is 303 Å². The second kappa shape index (κ2) is 42.8. The summed E-state index contributed by atoms with van der Waals surface area (Å²) in [6, 6.07) is 49.0. The number of hydrogen-bond acceptors (Lipinski definition) is 2. The van der Waals surface area contributed by atoms with Gasteiger partial charge < -0.3 is 9.97 Å². The first-order valence-corrected chi connectivity index (χ1v) is 52.9. The number of rotatable bonds is 48. The maximum atomic E-state index is 5.91. The van der Waals surface area contributed by atoms with Crippen molar-refractivity contribution in [1.82, 2.24) is 19.9 Å². The van der Waals surface area contributed by atoms with Crippen LogP contribution in [0.5, 0.6) is 0 Å². The summed E-state index contributed by atoms with van der Waals surface area (Å²) in [5, 5.41) is 0. The minimum absolute atomic E-state index is 0.963. The Morgan fingerprint density at radius 3 is 0.587 bits per heavy atom.